The zero-order valence-corrected chi connectivity index (χ0v) is 11.3. The molecule has 100 valence electrons. The number of methoxy groups -OCH3 is 1. The van der Waals surface area contributed by atoms with Crippen molar-refractivity contribution in [1.29, 1.82) is 0 Å². The Labute approximate surface area is 112 Å². The molecule has 0 bridgehead atoms. The van der Waals surface area contributed by atoms with Crippen molar-refractivity contribution in [3.63, 3.8) is 0 Å². The molecule has 0 amide bonds. The highest BCUT2D eigenvalue weighted by Gasteiger charge is 2.30. The van der Waals surface area contributed by atoms with Crippen molar-refractivity contribution >= 4 is 12.0 Å². The topological polar surface area (TPSA) is 44.8 Å². The first-order valence-electron chi connectivity index (χ1n) is 6.33. The maximum atomic E-state index is 11.4. The molecule has 4 nitrogen and oxygen atoms in total. The van der Waals surface area contributed by atoms with E-state index in [1.165, 1.54) is 0 Å². The third-order valence-corrected chi connectivity index (χ3v) is 3.38. The van der Waals surface area contributed by atoms with Crippen LogP contribution in [0, 0.1) is 0 Å². The zero-order valence-electron chi connectivity index (χ0n) is 11.3. The summed E-state index contributed by atoms with van der Waals surface area (Å²) in [6.07, 6.45) is 5.04. The molecule has 0 aliphatic carbocycles. The Morgan fingerprint density at radius 2 is 2.05 bits per heavy atom. The van der Waals surface area contributed by atoms with E-state index in [-0.39, 0.29) is 11.6 Å². The lowest BCUT2D eigenvalue weighted by Crippen LogP contribution is -2.28. The second-order valence-electron chi connectivity index (χ2n) is 5.31. The lowest BCUT2D eigenvalue weighted by atomic mass is 9.96. The maximum Gasteiger partial charge on any atom is 0.311 e. The van der Waals surface area contributed by atoms with E-state index in [0.29, 0.717) is 24.3 Å². The summed E-state index contributed by atoms with van der Waals surface area (Å²) in [5.41, 5.74) is 1.48. The molecule has 2 aliphatic heterocycles. The van der Waals surface area contributed by atoms with Gasteiger partial charge in [0.15, 0.2) is 0 Å². The molecule has 0 saturated carbocycles. The van der Waals surface area contributed by atoms with Crippen molar-refractivity contribution in [2.45, 2.75) is 32.3 Å². The van der Waals surface area contributed by atoms with Crippen LogP contribution in [0.4, 0.5) is 0 Å². The van der Waals surface area contributed by atoms with E-state index in [0.717, 1.165) is 16.9 Å². The molecular weight excluding hydrogens is 244 g/mol. The molecule has 1 aromatic rings. The molecule has 0 aromatic heterocycles. The SMILES string of the molecule is COc1c2c(cc3c1CCC(=O)O3)OC(C)(C)C=C2. The summed E-state index contributed by atoms with van der Waals surface area (Å²) in [6, 6.07) is 1.79. The van der Waals surface area contributed by atoms with E-state index in [1.807, 2.05) is 26.0 Å². The van der Waals surface area contributed by atoms with Crippen LogP contribution in [0.2, 0.25) is 0 Å². The minimum Gasteiger partial charge on any atom is -0.496 e. The van der Waals surface area contributed by atoms with Crippen LogP contribution in [0.3, 0.4) is 0 Å². The summed E-state index contributed by atoms with van der Waals surface area (Å²) >= 11 is 0. The molecule has 0 atom stereocenters. The quantitative estimate of drug-likeness (QED) is 0.575. The first-order valence-corrected chi connectivity index (χ1v) is 6.33. The fourth-order valence-corrected chi connectivity index (χ4v) is 2.48. The van der Waals surface area contributed by atoms with E-state index < -0.39 is 0 Å². The van der Waals surface area contributed by atoms with E-state index >= 15 is 0 Å². The number of ether oxygens (including phenoxy) is 3. The highest BCUT2D eigenvalue weighted by atomic mass is 16.5. The summed E-state index contributed by atoms with van der Waals surface area (Å²) in [6.45, 7) is 3.95. The van der Waals surface area contributed by atoms with Gasteiger partial charge in [0, 0.05) is 11.6 Å². The van der Waals surface area contributed by atoms with Crippen LogP contribution in [0.25, 0.3) is 6.08 Å². The van der Waals surface area contributed by atoms with Gasteiger partial charge in [0.1, 0.15) is 22.8 Å². The number of carbonyl (C=O) groups excluding carboxylic acids is 1. The lowest BCUT2D eigenvalue weighted by Gasteiger charge is -2.30. The van der Waals surface area contributed by atoms with Crippen LogP contribution in [-0.4, -0.2) is 18.7 Å². The molecule has 2 aliphatic rings. The molecule has 0 unspecified atom stereocenters. The van der Waals surface area contributed by atoms with Crippen molar-refractivity contribution in [1.82, 2.24) is 0 Å². The van der Waals surface area contributed by atoms with Crippen LogP contribution < -0.4 is 14.2 Å². The van der Waals surface area contributed by atoms with Crippen molar-refractivity contribution < 1.29 is 19.0 Å². The minimum absolute atomic E-state index is 0.208. The van der Waals surface area contributed by atoms with Gasteiger partial charge in [-0.2, -0.15) is 0 Å². The van der Waals surface area contributed by atoms with Crippen LogP contribution in [-0.2, 0) is 11.2 Å². The van der Waals surface area contributed by atoms with Gasteiger partial charge in [-0.25, -0.2) is 0 Å². The van der Waals surface area contributed by atoms with Crippen molar-refractivity contribution in [3.8, 4) is 17.2 Å². The predicted octanol–water partition coefficient (Wildman–Crippen LogP) is 2.73. The highest BCUT2D eigenvalue weighted by molar-refractivity contribution is 5.79. The summed E-state index contributed by atoms with van der Waals surface area (Å²) in [5.74, 6) is 1.78. The molecule has 0 spiro atoms. The lowest BCUT2D eigenvalue weighted by molar-refractivity contribution is -0.135. The van der Waals surface area contributed by atoms with Gasteiger partial charge in [-0.3, -0.25) is 4.79 Å². The number of carbonyl (C=O) groups is 1. The number of hydrogen-bond acceptors (Lipinski definition) is 4. The Morgan fingerprint density at radius 1 is 1.26 bits per heavy atom. The van der Waals surface area contributed by atoms with Crippen molar-refractivity contribution in [3.05, 3.63) is 23.3 Å². The Hall–Kier alpha value is -1.97. The van der Waals surface area contributed by atoms with Crippen LogP contribution in [0.15, 0.2) is 12.1 Å². The van der Waals surface area contributed by atoms with Crippen LogP contribution in [0.1, 0.15) is 31.4 Å². The largest absolute Gasteiger partial charge is 0.496 e. The van der Waals surface area contributed by atoms with E-state index in [1.54, 1.807) is 13.2 Å². The van der Waals surface area contributed by atoms with E-state index in [9.17, 15) is 4.79 Å². The average Bonchev–Trinajstić information content (AvgIpc) is 2.34. The number of esters is 1. The smallest absolute Gasteiger partial charge is 0.311 e. The van der Waals surface area contributed by atoms with Crippen LogP contribution >= 0.6 is 0 Å². The van der Waals surface area contributed by atoms with Crippen molar-refractivity contribution in [2.24, 2.45) is 0 Å². The van der Waals surface area contributed by atoms with Gasteiger partial charge in [-0.05, 0) is 32.4 Å². The third-order valence-electron chi connectivity index (χ3n) is 3.38. The fourth-order valence-electron chi connectivity index (χ4n) is 2.48. The van der Waals surface area contributed by atoms with E-state index in [2.05, 4.69) is 0 Å². The minimum atomic E-state index is -0.370. The molecule has 19 heavy (non-hydrogen) atoms. The molecule has 0 saturated heterocycles. The van der Waals surface area contributed by atoms with Gasteiger partial charge in [0.2, 0.25) is 0 Å². The second-order valence-corrected chi connectivity index (χ2v) is 5.31. The van der Waals surface area contributed by atoms with Gasteiger partial charge in [-0.15, -0.1) is 0 Å². The first kappa shape index (κ1) is 12.1. The summed E-state index contributed by atoms with van der Waals surface area (Å²) in [4.78, 5) is 11.4. The fraction of sp³-hybridized carbons (Fsp3) is 0.400. The normalized spacial score (nSPS) is 19.0. The average molecular weight is 260 g/mol. The molecule has 0 N–H and O–H groups in total. The summed E-state index contributed by atoms with van der Waals surface area (Å²) in [7, 11) is 1.62. The number of hydrogen-bond donors (Lipinski definition) is 0. The molecule has 2 heterocycles. The maximum absolute atomic E-state index is 11.4. The Morgan fingerprint density at radius 3 is 2.79 bits per heavy atom. The predicted molar refractivity (Wildman–Crippen MR) is 70.7 cm³/mol. The second kappa shape index (κ2) is 4.02. The van der Waals surface area contributed by atoms with Gasteiger partial charge in [-0.1, -0.05) is 0 Å². The molecule has 4 heteroatoms. The Bertz CT molecular complexity index is 584. The van der Waals surface area contributed by atoms with Gasteiger partial charge >= 0.3 is 5.97 Å². The van der Waals surface area contributed by atoms with Crippen LogP contribution in [0.5, 0.6) is 17.2 Å². The summed E-state index contributed by atoms with van der Waals surface area (Å²) in [5, 5.41) is 0. The zero-order chi connectivity index (χ0) is 13.6. The Balaban J connectivity index is 2.18. The molecule has 3 rings (SSSR count). The third kappa shape index (κ3) is 1.97. The van der Waals surface area contributed by atoms with E-state index in [4.69, 9.17) is 14.2 Å². The highest BCUT2D eigenvalue weighted by Crippen LogP contribution is 2.45. The number of fused-ring (bicyclic) bond motifs is 2. The Kier molecular flexibility index (Phi) is 2.55. The van der Waals surface area contributed by atoms with Gasteiger partial charge < -0.3 is 14.2 Å². The molecule has 1 aromatic carbocycles. The van der Waals surface area contributed by atoms with Crippen molar-refractivity contribution in [2.75, 3.05) is 7.11 Å². The van der Waals surface area contributed by atoms with Gasteiger partial charge in [0.05, 0.1) is 19.1 Å². The van der Waals surface area contributed by atoms with Gasteiger partial charge in [0.25, 0.3) is 0 Å². The summed E-state index contributed by atoms with van der Waals surface area (Å²) < 4.78 is 16.7. The molecule has 0 fully saturated rings. The first-order chi connectivity index (χ1) is 9.00. The number of rotatable bonds is 1. The molecular formula is C15H16O4. The number of benzene rings is 1. The standard InChI is InChI=1S/C15H16O4/c1-15(2)7-6-10-12(19-15)8-11-9(14(10)17-3)4-5-13(16)18-11/h6-8H,4-5H2,1-3H3. The monoisotopic (exact) mass is 260 g/mol. The molecule has 0 radical (unpaired) electrons.